The number of nitrogens with zero attached hydrogens (tertiary/aromatic N) is 2. The summed E-state index contributed by atoms with van der Waals surface area (Å²) < 4.78 is 0. The van der Waals surface area contributed by atoms with Gasteiger partial charge in [-0.1, -0.05) is 24.8 Å². The smallest absolute Gasteiger partial charge is 0.328 e. The van der Waals surface area contributed by atoms with Crippen LogP contribution in [0.5, 0.6) is 0 Å². The summed E-state index contributed by atoms with van der Waals surface area (Å²) >= 11 is 0. The van der Waals surface area contributed by atoms with Crippen molar-refractivity contribution in [2.24, 2.45) is 10.8 Å². The lowest BCUT2D eigenvalue weighted by Crippen LogP contribution is -2.32. The number of hydrogen-bond donors (Lipinski definition) is 3. The number of amidine groups is 1. The maximum Gasteiger partial charge on any atom is 0.329 e. The Labute approximate surface area is 188 Å². The summed E-state index contributed by atoms with van der Waals surface area (Å²) in [6.07, 6.45) is 7.99. The van der Waals surface area contributed by atoms with Gasteiger partial charge in [-0.05, 0) is 91.5 Å². The van der Waals surface area contributed by atoms with Gasteiger partial charge in [0, 0.05) is 0 Å². The van der Waals surface area contributed by atoms with E-state index < -0.39 is 0 Å². The van der Waals surface area contributed by atoms with E-state index in [4.69, 9.17) is 5.84 Å². The second-order valence-electron chi connectivity index (χ2n) is 8.28. The SMILES string of the molecule is C=CC(=Nc1cccc(C)c1)NN.O=C1CNC(=O)N1c1c2c(cc3c1CCC3)CCC2. The highest BCUT2D eigenvalue weighted by molar-refractivity contribution is 6.20. The van der Waals surface area contributed by atoms with Gasteiger partial charge in [0.1, 0.15) is 5.84 Å². The number of hydrazine groups is 1. The van der Waals surface area contributed by atoms with Crippen molar-refractivity contribution in [1.29, 1.82) is 0 Å². The molecule has 2 aromatic rings. The molecule has 0 atom stereocenters. The van der Waals surface area contributed by atoms with Crippen LogP contribution in [0.15, 0.2) is 48.0 Å². The lowest BCUT2D eigenvalue weighted by molar-refractivity contribution is -0.115. The molecule has 0 radical (unpaired) electrons. The van der Waals surface area contributed by atoms with E-state index in [9.17, 15) is 9.59 Å². The van der Waals surface area contributed by atoms with Crippen LogP contribution in [-0.2, 0) is 30.5 Å². The molecule has 0 bridgehead atoms. The fourth-order valence-electron chi connectivity index (χ4n) is 4.68. The highest BCUT2D eigenvalue weighted by atomic mass is 16.2. The monoisotopic (exact) mass is 431 g/mol. The van der Waals surface area contributed by atoms with Crippen LogP contribution in [0.3, 0.4) is 0 Å². The van der Waals surface area contributed by atoms with Crippen LogP contribution >= 0.6 is 0 Å². The molecule has 4 N–H and O–H groups in total. The Morgan fingerprint density at radius 3 is 2.34 bits per heavy atom. The molecule has 32 heavy (non-hydrogen) atoms. The Hall–Kier alpha value is -3.45. The molecule has 3 aliphatic rings. The maximum absolute atomic E-state index is 12.0. The number of nitrogens with one attached hydrogen (secondary N) is 2. The zero-order chi connectivity index (χ0) is 22.7. The first-order chi connectivity index (χ1) is 15.5. The number of fused-ring (bicyclic) bond motifs is 2. The van der Waals surface area contributed by atoms with Gasteiger partial charge < -0.3 is 10.7 Å². The molecule has 2 aliphatic carbocycles. The average molecular weight is 432 g/mol. The van der Waals surface area contributed by atoms with Crippen molar-refractivity contribution in [1.82, 2.24) is 10.7 Å². The highest BCUT2D eigenvalue weighted by Crippen LogP contribution is 2.41. The molecule has 0 saturated carbocycles. The molecule has 1 heterocycles. The molecular formula is C25H29N5O2. The van der Waals surface area contributed by atoms with Crippen molar-refractivity contribution in [2.75, 3.05) is 11.4 Å². The zero-order valence-electron chi connectivity index (χ0n) is 18.4. The minimum Gasteiger partial charge on any atom is -0.328 e. The minimum atomic E-state index is -0.251. The molecule has 166 valence electrons. The third kappa shape index (κ3) is 4.29. The predicted molar refractivity (Wildman–Crippen MR) is 127 cm³/mol. The van der Waals surface area contributed by atoms with Crippen molar-refractivity contribution >= 4 is 29.1 Å². The van der Waals surface area contributed by atoms with E-state index in [1.165, 1.54) is 32.7 Å². The molecule has 1 saturated heterocycles. The summed E-state index contributed by atoms with van der Waals surface area (Å²) in [5, 5.41) is 2.64. The standard InChI is InChI=1S/C15H16N2O2.C10H13N3/c18-13-8-16-15(19)17(13)14-11-5-1-3-9(11)7-10-4-2-6-12(10)14;1-3-10(13-11)12-9-6-4-5-8(2)7-9/h7H,1-6,8H2,(H,16,19);3-7H,1,11H2,2H3,(H,12,13). The van der Waals surface area contributed by atoms with Gasteiger partial charge in [-0.25, -0.2) is 20.5 Å². The minimum absolute atomic E-state index is 0.112. The first-order valence-corrected chi connectivity index (χ1v) is 11.0. The number of benzene rings is 2. The number of imide groups is 1. The Balaban J connectivity index is 0.000000166. The van der Waals surface area contributed by atoms with Crippen LogP contribution in [0.2, 0.25) is 0 Å². The first-order valence-electron chi connectivity index (χ1n) is 11.0. The van der Waals surface area contributed by atoms with Crippen LogP contribution in [0.1, 0.15) is 40.7 Å². The number of anilines is 1. The molecule has 7 heteroatoms. The Kier molecular flexibility index (Phi) is 6.37. The van der Waals surface area contributed by atoms with Crippen molar-refractivity contribution < 1.29 is 9.59 Å². The number of nitrogens with two attached hydrogens (primary N) is 1. The molecule has 0 aromatic heterocycles. The number of rotatable bonds is 3. The summed E-state index contributed by atoms with van der Waals surface area (Å²) in [6, 6.07) is 9.91. The van der Waals surface area contributed by atoms with Crippen molar-refractivity contribution in [3.8, 4) is 0 Å². The number of carbonyl (C=O) groups is 2. The van der Waals surface area contributed by atoms with Crippen molar-refractivity contribution in [2.45, 2.75) is 45.4 Å². The number of amides is 3. The summed E-state index contributed by atoms with van der Waals surface area (Å²) in [5.74, 6) is 5.67. The van der Waals surface area contributed by atoms with Crippen LogP contribution in [0.25, 0.3) is 0 Å². The van der Waals surface area contributed by atoms with Crippen LogP contribution in [0.4, 0.5) is 16.2 Å². The van der Waals surface area contributed by atoms with Gasteiger partial charge in [0.2, 0.25) is 0 Å². The second kappa shape index (κ2) is 9.36. The van der Waals surface area contributed by atoms with E-state index in [1.807, 2.05) is 31.2 Å². The predicted octanol–water partition coefficient (Wildman–Crippen LogP) is 3.39. The van der Waals surface area contributed by atoms with Gasteiger partial charge in [0.05, 0.1) is 17.9 Å². The molecule has 0 spiro atoms. The molecule has 3 amide bonds. The maximum atomic E-state index is 12.0. The Bertz CT molecular complexity index is 1060. The largest absolute Gasteiger partial charge is 0.329 e. The van der Waals surface area contributed by atoms with E-state index >= 15 is 0 Å². The summed E-state index contributed by atoms with van der Waals surface area (Å²) in [4.78, 5) is 29.6. The van der Waals surface area contributed by atoms with Gasteiger partial charge in [-0.2, -0.15) is 0 Å². The van der Waals surface area contributed by atoms with E-state index in [-0.39, 0.29) is 18.5 Å². The summed E-state index contributed by atoms with van der Waals surface area (Å²) in [7, 11) is 0. The molecular weight excluding hydrogens is 402 g/mol. The van der Waals surface area contributed by atoms with E-state index in [0.29, 0.717) is 5.84 Å². The summed E-state index contributed by atoms with van der Waals surface area (Å²) in [6.45, 7) is 5.73. The normalized spacial score (nSPS) is 16.8. The molecule has 5 rings (SSSR count). The van der Waals surface area contributed by atoms with Crippen molar-refractivity contribution in [3.05, 3.63) is 70.8 Å². The highest BCUT2D eigenvalue weighted by Gasteiger charge is 2.36. The number of carbonyl (C=O) groups excluding carboxylic acids is 2. The van der Waals surface area contributed by atoms with Gasteiger partial charge >= 0.3 is 6.03 Å². The van der Waals surface area contributed by atoms with Crippen LogP contribution in [0, 0.1) is 6.92 Å². The van der Waals surface area contributed by atoms with Gasteiger partial charge in [-0.3, -0.25) is 4.79 Å². The third-order valence-electron chi connectivity index (χ3n) is 6.10. The molecule has 2 aromatic carbocycles. The Morgan fingerprint density at radius 2 is 1.81 bits per heavy atom. The van der Waals surface area contributed by atoms with Crippen molar-refractivity contribution in [3.63, 3.8) is 0 Å². The lowest BCUT2D eigenvalue weighted by Gasteiger charge is -2.21. The zero-order valence-corrected chi connectivity index (χ0v) is 18.4. The topological polar surface area (TPSA) is 99.8 Å². The number of aryl methyl sites for hydroxylation is 3. The van der Waals surface area contributed by atoms with Gasteiger partial charge in [-0.15, -0.1) is 0 Å². The fraction of sp³-hybridized carbons (Fsp3) is 0.320. The summed E-state index contributed by atoms with van der Waals surface area (Å²) in [5.41, 5.74) is 10.6. The van der Waals surface area contributed by atoms with Gasteiger partial charge in [0.15, 0.2) is 0 Å². The molecule has 7 nitrogen and oxygen atoms in total. The fourth-order valence-corrected chi connectivity index (χ4v) is 4.68. The molecule has 1 aliphatic heterocycles. The van der Waals surface area contributed by atoms with Gasteiger partial charge in [0.25, 0.3) is 5.91 Å². The van der Waals surface area contributed by atoms with E-state index in [1.54, 1.807) is 6.08 Å². The molecule has 0 unspecified atom stereocenters. The van der Waals surface area contributed by atoms with Crippen LogP contribution < -0.4 is 21.5 Å². The third-order valence-corrected chi connectivity index (χ3v) is 6.10. The lowest BCUT2D eigenvalue weighted by atomic mass is 9.98. The quantitative estimate of drug-likeness (QED) is 0.228. The first kappa shape index (κ1) is 21.8. The van der Waals surface area contributed by atoms with Crippen LogP contribution in [-0.4, -0.2) is 24.3 Å². The number of aliphatic imine (C=N–C) groups is 1. The number of hydrogen-bond acceptors (Lipinski definition) is 4. The van der Waals surface area contributed by atoms with E-state index in [2.05, 4.69) is 28.4 Å². The van der Waals surface area contributed by atoms with E-state index in [0.717, 1.165) is 49.9 Å². The Morgan fingerprint density at radius 1 is 1.12 bits per heavy atom. The average Bonchev–Trinajstić information content (AvgIpc) is 3.52. The molecule has 1 fully saturated rings. The number of urea groups is 1. The second-order valence-corrected chi connectivity index (χ2v) is 8.28.